The first-order valence-corrected chi connectivity index (χ1v) is 8.36. The molecule has 1 heterocycles. The Morgan fingerprint density at radius 1 is 1.38 bits per heavy atom. The predicted octanol–water partition coefficient (Wildman–Crippen LogP) is 3.52. The molecule has 1 N–H and O–H groups in total. The maximum absolute atomic E-state index is 12.1. The number of nitrogens with zero attached hydrogens (tertiary/aromatic N) is 1. The third kappa shape index (κ3) is 4.84. The van der Waals surface area contributed by atoms with Crippen molar-refractivity contribution in [3.63, 3.8) is 0 Å². The zero-order valence-electron chi connectivity index (χ0n) is 15.5. The van der Waals surface area contributed by atoms with Gasteiger partial charge in [-0.2, -0.15) is 5.10 Å². The minimum Gasteiger partial charge on any atom is -0.492 e. The van der Waals surface area contributed by atoms with Crippen LogP contribution < -0.4 is 0 Å². The van der Waals surface area contributed by atoms with Gasteiger partial charge in [-0.3, -0.25) is 14.7 Å². The Hall–Kier alpha value is -2.83. The summed E-state index contributed by atoms with van der Waals surface area (Å²) in [6, 6.07) is 5.37. The molecular weight excluding hydrogens is 336 g/mol. The number of nitrogens with one attached hydrogen (secondary N) is 1. The number of aromatic nitrogens is 2. The fourth-order valence-corrected chi connectivity index (χ4v) is 2.53. The van der Waals surface area contributed by atoms with Crippen molar-refractivity contribution in [2.75, 3.05) is 6.61 Å². The Morgan fingerprint density at radius 2 is 2.12 bits per heavy atom. The Bertz CT molecular complexity index is 804. The number of carbonyl (C=O) groups is 2. The third-order valence-electron chi connectivity index (χ3n) is 3.53. The van der Waals surface area contributed by atoms with Crippen LogP contribution in [0.5, 0.6) is 0 Å². The highest BCUT2D eigenvalue weighted by Gasteiger charge is 2.23. The first kappa shape index (κ1) is 19.5. The lowest BCUT2D eigenvalue weighted by Crippen LogP contribution is -2.25. The molecule has 0 aliphatic heterocycles. The van der Waals surface area contributed by atoms with E-state index in [9.17, 15) is 9.59 Å². The number of carbonyl (C=O) groups excluding carboxylic acids is 2. The van der Waals surface area contributed by atoms with E-state index >= 15 is 0 Å². The number of fused-ring (bicyclic) bond motifs is 1. The predicted molar refractivity (Wildman–Crippen MR) is 97.1 cm³/mol. The fraction of sp³-hybridized carbons (Fsp3) is 0.421. The Morgan fingerprint density at radius 3 is 2.73 bits per heavy atom. The summed E-state index contributed by atoms with van der Waals surface area (Å²) < 4.78 is 15.9. The Kier molecular flexibility index (Phi) is 6.02. The van der Waals surface area contributed by atoms with Crippen molar-refractivity contribution in [1.29, 1.82) is 0 Å². The molecule has 0 radical (unpaired) electrons. The van der Waals surface area contributed by atoms with Crippen LogP contribution >= 0.6 is 0 Å². The van der Waals surface area contributed by atoms with Crippen LogP contribution in [0.25, 0.3) is 16.7 Å². The molecule has 2 aromatic rings. The van der Waals surface area contributed by atoms with Crippen LogP contribution in [0.3, 0.4) is 0 Å². The highest BCUT2D eigenvalue weighted by Crippen LogP contribution is 2.29. The van der Waals surface area contributed by atoms with Crippen LogP contribution in [-0.4, -0.2) is 34.8 Å². The van der Waals surface area contributed by atoms with E-state index < -0.39 is 17.7 Å². The standard InChI is InChI=1S/C19H24N2O5/c1-6-24-12(2)18-14-9-13(7-8-15(14)20-21-18)16(25-11-22)10-17(23)26-19(3,4)5/h7-9,11,16H,2,6,10H2,1,3-5H3,(H,20,21). The number of rotatable bonds is 8. The third-order valence-corrected chi connectivity index (χ3v) is 3.53. The van der Waals surface area contributed by atoms with E-state index in [0.29, 0.717) is 30.1 Å². The van der Waals surface area contributed by atoms with Gasteiger partial charge >= 0.3 is 5.97 Å². The number of hydrogen-bond donors (Lipinski definition) is 1. The molecule has 1 aromatic carbocycles. The zero-order chi connectivity index (χ0) is 19.3. The normalized spacial score (nSPS) is 12.5. The van der Waals surface area contributed by atoms with E-state index in [1.807, 2.05) is 6.92 Å². The first-order valence-electron chi connectivity index (χ1n) is 8.36. The molecule has 0 bridgehead atoms. The van der Waals surface area contributed by atoms with E-state index in [1.165, 1.54) is 0 Å². The molecule has 0 spiro atoms. The number of esters is 1. The van der Waals surface area contributed by atoms with Crippen molar-refractivity contribution in [2.45, 2.75) is 45.8 Å². The highest BCUT2D eigenvalue weighted by atomic mass is 16.6. The number of hydrogen-bond acceptors (Lipinski definition) is 6. The lowest BCUT2D eigenvalue weighted by Gasteiger charge is -2.22. The van der Waals surface area contributed by atoms with Crippen molar-refractivity contribution in [2.24, 2.45) is 0 Å². The summed E-state index contributed by atoms with van der Waals surface area (Å²) in [6.45, 7) is 11.9. The molecule has 26 heavy (non-hydrogen) atoms. The van der Waals surface area contributed by atoms with Gasteiger partial charge in [-0.05, 0) is 45.4 Å². The van der Waals surface area contributed by atoms with Gasteiger partial charge in [-0.1, -0.05) is 12.6 Å². The lowest BCUT2D eigenvalue weighted by molar-refractivity contribution is -0.158. The van der Waals surface area contributed by atoms with Crippen LogP contribution in [0.4, 0.5) is 0 Å². The summed E-state index contributed by atoms with van der Waals surface area (Å²) in [7, 11) is 0. The second-order valence-electron chi connectivity index (χ2n) is 6.74. The monoisotopic (exact) mass is 360 g/mol. The van der Waals surface area contributed by atoms with Gasteiger partial charge in [-0.15, -0.1) is 0 Å². The van der Waals surface area contributed by atoms with E-state index in [-0.39, 0.29) is 6.42 Å². The van der Waals surface area contributed by atoms with Gasteiger partial charge in [0, 0.05) is 5.39 Å². The van der Waals surface area contributed by atoms with Crippen molar-refractivity contribution in [3.05, 3.63) is 36.0 Å². The molecule has 0 fully saturated rings. The maximum Gasteiger partial charge on any atom is 0.310 e. The van der Waals surface area contributed by atoms with Gasteiger partial charge < -0.3 is 14.2 Å². The number of ether oxygens (including phenoxy) is 3. The molecule has 0 saturated carbocycles. The summed E-state index contributed by atoms with van der Waals surface area (Å²) in [5.74, 6) is -0.00788. The van der Waals surface area contributed by atoms with Crippen LogP contribution in [0, 0.1) is 0 Å². The highest BCUT2D eigenvalue weighted by molar-refractivity contribution is 5.89. The summed E-state index contributed by atoms with van der Waals surface area (Å²) in [5, 5.41) is 7.89. The molecule has 0 amide bonds. The summed E-state index contributed by atoms with van der Waals surface area (Å²) in [5.41, 5.74) is 1.40. The first-order chi connectivity index (χ1) is 12.2. The average Bonchev–Trinajstić information content (AvgIpc) is 2.96. The molecule has 1 atom stereocenters. The average molecular weight is 360 g/mol. The molecular formula is C19H24N2O5. The second-order valence-corrected chi connectivity index (χ2v) is 6.74. The van der Waals surface area contributed by atoms with Crippen LogP contribution in [-0.2, 0) is 23.8 Å². The van der Waals surface area contributed by atoms with Crippen LogP contribution in [0.15, 0.2) is 24.8 Å². The van der Waals surface area contributed by atoms with Gasteiger partial charge in [0.15, 0.2) is 0 Å². The SMILES string of the molecule is C=C(OCC)c1n[nH]c2ccc(C(CC(=O)OC(C)(C)C)OC=O)cc12. The summed E-state index contributed by atoms with van der Waals surface area (Å²) in [6.07, 6.45) is -0.837. The van der Waals surface area contributed by atoms with Crippen molar-refractivity contribution >= 4 is 29.1 Å². The minimum absolute atomic E-state index is 0.0822. The quantitative estimate of drug-likeness (QED) is 0.440. The van der Waals surface area contributed by atoms with Crippen LogP contribution in [0.1, 0.15) is 51.5 Å². The smallest absolute Gasteiger partial charge is 0.310 e. The minimum atomic E-state index is -0.755. The largest absolute Gasteiger partial charge is 0.492 e. The number of H-pyrrole nitrogens is 1. The van der Waals surface area contributed by atoms with E-state index in [2.05, 4.69) is 16.8 Å². The van der Waals surface area contributed by atoms with Crippen LogP contribution in [0.2, 0.25) is 0 Å². The summed E-state index contributed by atoms with van der Waals surface area (Å²) in [4.78, 5) is 23.0. The van der Waals surface area contributed by atoms with Gasteiger partial charge in [0.2, 0.25) is 0 Å². The molecule has 140 valence electrons. The Balaban J connectivity index is 2.31. The zero-order valence-corrected chi connectivity index (χ0v) is 15.5. The van der Waals surface area contributed by atoms with E-state index in [4.69, 9.17) is 14.2 Å². The number of benzene rings is 1. The Labute approximate surface area is 152 Å². The van der Waals surface area contributed by atoms with Gasteiger partial charge in [0.05, 0.1) is 18.5 Å². The lowest BCUT2D eigenvalue weighted by atomic mass is 10.0. The van der Waals surface area contributed by atoms with E-state index in [1.54, 1.807) is 39.0 Å². The fourth-order valence-electron chi connectivity index (χ4n) is 2.53. The van der Waals surface area contributed by atoms with Gasteiger partial charge in [0.25, 0.3) is 6.47 Å². The van der Waals surface area contributed by atoms with Crippen molar-refractivity contribution in [3.8, 4) is 0 Å². The molecule has 0 saturated heterocycles. The molecule has 2 rings (SSSR count). The maximum atomic E-state index is 12.1. The second kappa shape index (κ2) is 8.03. The number of aromatic amines is 1. The molecule has 1 aromatic heterocycles. The molecule has 0 aliphatic rings. The molecule has 1 unspecified atom stereocenters. The van der Waals surface area contributed by atoms with Gasteiger partial charge in [-0.25, -0.2) is 0 Å². The van der Waals surface area contributed by atoms with Crippen molar-refractivity contribution in [1.82, 2.24) is 10.2 Å². The molecule has 7 nitrogen and oxygen atoms in total. The van der Waals surface area contributed by atoms with E-state index in [0.717, 1.165) is 10.9 Å². The topological polar surface area (TPSA) is 90.5 Å². The molecule has 7 heteroatoms. The van der Waals surface area contributed by atoms with Crippen molar-refractivity contribution < 1.29 is 23.8 Å². The summed E-state index contributed by atoms with van der Waals surface area (Å²) >= 11 is 0. The molecule has 0 aliphatic carbocycles. The van der Waals surface area contributed by atoms with Gasteiger partial charge in [0.1, 0.15) is 23.2 Å².